The number of hydrogen-bond acceptors (Lipinski definition) is 7. The molecule has 2 amide bonds. The van der Waals surface area contributed by atoms with Gasteiger partial charge in [0.05, 0.1) is 12.4 Å². The van der Waals surface area contributed by atoms with Crippen LogP contribution in [0.5, 0.6) is 5.75 Å². The Morgan fingerprint density at radius 1 is 0.913 bits per heavy atom. The molecule has 0 saturated carbocycles. The molecular formula is C35H43N3O7S. The summed E-state index contributed by atoms with van der Waals surface area (Å²) in [6.07, 6.45) is 2.46. The summed E-state index contributed by atoms with van der Waals surface area (Å²) in [6, 6.07) is 20.1. The third kappa shape index (κ3) is 8.65. The Morgan fingerprint density at radius 3 is 2.39 bits per heavy atom. The van der Waals surface area contributed by atoms with E-state index in [0.717, 1.165) is 46.5 Å². The Kier molecular flexibility index (Phi) is 11.0. The third-order valence-corrected chi connectivity index (χ3v) is 9.52. The molecule has 246 valence electrons. The topological polar surface area (TPSA) is 117 Å². The molecule has 0 unspecified atom stereocenters. The smallest absolute Gasteiger partial charge is 0.410 e. The Bertz CT molecular complexity index is 1630. The van der Waals surface area contributed by atoms with E-state index in [4.69, 9.17) is 14.0 Å². The van der Waals surface area contributed by atoms with Crippen LogP contribution in [0.15, 0.2) is 60.7 Å². The summed E-state index contributed by atoms with van der Waals surface area (Å²) < 4.78 is 42.4. The predicted octanol–water partition coefficient (Wildman–Crippen LogP) is 5.25. The van der Waals surface area contributed by atoms with Gasteiger partial charge in [-0.3, -0.25) is 14.2 Å². The van der Waals surface area contributed by atoms with Crippen LogP contribution in [0.1, 0.15) is 41.5 Å². The van der Waals surface area contributed by atoms with Crippen molar-refractivity contribution >= 4 is 27.8 Å². The van der Waals surface area contributed by atoms with E-state index in [1.165, 1.54) is 11.1 Å². The summed E-state index contributed by atoms with van der Waals surface area (Å²) in [4.78, 5) is 31.3. The number of carbonyl (C=O) groups is 2. The number of anilines is 1. The fourth-order valence-corrected chi connectivity index (χ4v) is 6.48. The van der Waals surface area contributed by atoms with E-state index < -0.39 is 16.2 Å². The average molecular weight is 650 g/mol. The zero-order valence-electron chi connectivity index (χ0n) is 26.6. The SMILES string of the molecule is Cc1cccc(OCCCC(=O)N2CCCc3c(-c4ccc(COC(=O)N5CCN(CCS(=O)(=O)O)CC5)cc4)cccc32)c1C. The first-order chi connectivity index (χ1) is 22.1. The van der Waals surface area contributed by atoms with Crippen LogP contribution in [0.25, 0.3) is 11.1 Å². The molecule has 1 N–H and O–H groups in total. The van der Waals surface area contributed by atoms with Gasteiger partial charge in [0, 0.05) is 51.4 Å². The monoisotopic (exact) mass is 649 g/mol. The quantitative estimate of drug-likeness (QED) is 0.221. The highest BCUT2D eigenvalue weighted by atomic mass is 32.2. The second-order valence-electron chi connectivity index (χ2n) is 12.0. The number of hydrogen-bond donors (Lipinski definition) is 1. The Balaban J connectivity index is 1.13. The lowest BCUT2D eigenvalue weighted by molar-refractivity contribution is -0.118. The van der Waals surface area contributed by atoms with Gasteiger partial charge in [0.2, 0.25) is 5.91 Å². The Morgan fingerprint density at radius 2 is 1.65 bits per heavy atom. The minimum atomic E-state index is -4.00. The molecule has 2 aliphatic heterocycles. The van der Waals surface area contributed by atoms with Crippen LogP contribution in [-0.4, -0.2) is 86.4 Å². The molecule has 0 spiro atoms. The highest BCUT2D eigenvalue weighted by Gasteiger charge is 2.25. The molecule has 0 aromatic heterocycles. The van der Waals surface area contributed by atoms with Crippen molar-refractivity contribution in [1.82, 2.24) is 9.80 Å². The number of piperazine rings is 1. The zero-order valence-corrected chi connectivity index (χ0v) is 27.4. The van der Waals surface area contributed by atoms with E-state index in [1.807, 2.05) is 65.3 Å². The highest BCUT2D eigenvalue weighted by molar-refractivity contribution is 7.85. The van der Waals surface area contributed by atoms with Gasteiger partial charge < -0.3 is 19.3 Å². The number of benzene rings is 3. The maximum Gasteiger partial charge on any atom is 0.410 e. The molecule has 0 bridgehead atoms. The number of carbonyl (C=O) groups excluding carboxylic acids is 2. The fourth-order valence-electron chi connectivity index (χ4n) is 5.99. The van der Waals surface area contributed by atoms with E-state index in [9.17, 15) is 18.0 Å². The molecule has 5 rings (SSSR count). The van der Waals surface area contributed by atoms with Gasteiger partial charge in [0.1, 0.15) is 12.4 Å². The van der Waals surface area contributed by atoms with Crippen molar-refractivity contribution in [3.63, 3.8) is 0 Å². The summed E-state index contributed by atoms with van der Waals surface area (Å²) in [5.41, 5.74) is 7.48. The molecule has 46 heavy (non-hydrogen) atoms. The van der Waals surface area contributed by atoms with Gasteiger partial charge in [0.15, 0.2) is 0 Å². The molecule has 10 nitrogen and oxygen atoms in total. The van der Waals surface area contributed by atoms with Crippen LogP contribution in [0.4, 0.5) is 10.5 Å². The molecular weight excluding hydrogens is 606 g/mol. The lowest BCUT2D eigenvalue weighted by Crippen LogP contribution is -2.49. The first-order valence-corrected chi connectivity index (χ1v) is 17.5. The van der Waals surface area contributed by atoms with Gasteiger partial charge >= 0.3 is 6.09 Å². The first-order valence-electron chi connectivity index (χ1n) is 15.9. The number of amides is 2. The van der Waals surface area contributed by atoms with Crippen molar-refractivity contribution in [2.75, 3.05) is 56.5 Å². The number of aryl methyl sites for hydroxylation is 1. The maximum absolute atomic E-state index is 13.3. The van der Waals surface area contributed by atoms with Crippen molar-refractivity contribution in [2.45, 2.75) is 46.1 Å². The third-order valence-electron chi connectivity index (χ3n) is 8.82. The standard InChI is InChI=1S/C35H43N3O7S/c1-26-7-3-11-33(27(26)2)44-23-6-12-34(39)38-17-5-9-31-30(8-4-10-32(31)38)29-15-13-28(14-16-29)25-45-35(40)37-20-18-36(19-21-37)22-24-46(41,42)43/h3-4,7-8,10-11,13-16H,5-6,9,12,17-25H2,1-2H3,(H,41,42,43). The first kappa shape index (κ1) is 33.4. The van der Waals surface area contributed by atoms with Crippen molar-refractivity contribution in [2.24, 2.45) is 0 Å². The van der Waals surface area contributed by atoms with E-state index in [2.05, 4.69) is 19.1 Å². The van der Waals surface area contributed by atoms with E-state index in [1.54, 1.807) is 4.90 Å². The summed E-state index contributed by atoms with van der Waals surface area (Å²) in [7, 11) is -4.00. The molecule has 1 saturated heterocycles. The second-order valence-corrected chi connectivity index (χ2v) is 13.5. The largest absolute Gasteiger partial charge is 0.493 e. The van der Waals surface area contributed by atoms with Crippen LogP contribution in [-0.2, 0) is 32.7 Å². The van der Waals surface area contributed by atoms with Gasteiger partial charge in [-0.15, -0.1) is 0 Å². The number of nitrogens with zero attached hydrogens (tertiary/aromatic N) is 3. The molecule has 1 fully saturated rings. The van der Waals surface area contributed by atoms with Crippen molar-refractivity contribution in [3.8, 4) is 16.9 Å². The van der Waals surface area contributed by atoms with Crippen LogP contribution in [0, 0.1) is 13.8 Å². The minimum absolute atomic E-state index is 0.111. The molecule has 0 aliphatic carbocycles. The fraction of sp³-hybridized carbons (Fsp3) is 0.429. The lowest BCUT2D eigenvalue weighted by Gasteiger charge is -2.33. The van der Waals surface area contributed by atoms with Gasteiger partial charge in [-0.25, -0.2) is 4.79 Å². The van der Waals surface area contributed by atoms with E-state index in [0.29, 0.717) is 52.2 Å². The molecule has 2 aliphatic rings. The Hall–Kier alpha value is -3.93. The van der Waals surface area contributed by atoms with Crippen LogP contribution in [0.2, 0.25) is 0 Å². The van der Waals surface area contributed by atoms with Gasteiger partial charge in [0.25, 0.3) is 10.1 Å². The normalized spacial score (nSPS) is 15.4. The van der Waals surface area contributed by atoms with Crippen molar-refractivity contribution in [3.05, 3.63) is 82.9 Å². The molecule has 2 heterocycles. The predicted molar refractivity (Wildman–Crippen MR) is 178 cm³/mol. The highest BCUT2D eigenvalue weighted by Crippen LogP contribution is 2.36. The van der Waals surface area contributed by atoms with Crippen LogP contribution < -0.4 is 9.64 Å². The number of rotatable bonds is 11. The Labute approximate surface area is 271 Å². The summed E-state index contributed by atoms with van der Waals surface area (Å²) in [6.45, 7) is 7.60. The molecule has 11 heteroatoms. The van der Waals surface area contributed by atoms with Gasteiger partial charge in [-0.1, -0.05) is 48.5 Å². The molecule has 0 atom stereocenters. The summed E-state index contributed by atoms with van der Waals surface area (Å²) in [5.74, 6) is 0.663. The van der Waals surface area contributed by atoms with Gasteiger partial charge in [-0.05, 0) is 78.6 Å². The number of ether oxygens (including phenoxy) is 2. The summed E-state index contributed by atoms with van der Waals surface area (Å²) >= 11 is 0. The minimum Gasteiger partial charge on any atom is -0.493 e. The van der Waals surface area contributed by atoms with Gasteiger partial charge in [-0.2, -0.15) is 8.42 Å². The van der Waals surface area contributed by atoms with Crippen molar-refractivity contribution < 1.29 is 32.0 Å². The van der Waals surface area contributed by atoms with Crippen LogP contribution in [0.3, 0.4) is 0 Å². The average Bonchev–Trinajstić information content (AvgIpc) is 3.06. The molecule has 3 aromatic carbocycles. The molecule has 3 aromatic rings. The zero-order chi connectivity index (χ0) is 32.7. The van der Waals surface area contributed by atoms with Crippen molar-refractivity contribution in [1.29, 1.82) is 0 Å². The van der Waals surface area contributed by atoms with Crippen LogP contribution >= 0.6 is 0 Å². The summed E-state index contributed by atoms with van der Waals surface area (Å²) in [5, 5.41) is 0. The maximum atomic E-state index is 13.3. The molecule has 0 radical (unpaired) electrons. The number of fused-ring (bicyclic) bond motifs is 1. The van der Waals surface area contributed by atoms with E-state index >= 15 is 0 Å². The van der Waals surface area contributed by atoms with E-state index in [-0.39, 0.29) is 24.8 Å². The second kappa shape index (κ2) is 15.1. The lowest BCUT2D eigenvalue weighted by atomic mass is 9.91.